The molecule has 0 spiro atoms. The fraction of sp³-hybridized carbons (Fsp3) is 0.222. The van der Waals surface area contributed by atoms with Crippen molar-refractivity contribution in [3.8, 4) is 0 Å². The zero-order valence-corrected chi connectivity index (χ0v) is 15.8. The highest BCUT2D eigenvalue weighted by molar-refractivity contribution is 7.22. The minimum Gasteiger partial charge on any atom is -0.338 e. The zero-order chi connectivity index (χ0) is 18.8. The van der Waals surface area contributed by atoms with E-state index >= 15 is 0 Å². The lowest BCUT2D eigenvalue weighted by molar-refractivity contribution is -0.856. The molecule has 3 rings (SSSR count). The van der Waals surface area contributed by atoms with Crippen LogP contribution in [0.4, 0.5) is 13.9 Å². The van der Waals surface area contributed by atoms with Gasteiger partial charge in [0.25, 0.3) is 5.91 Å². The van der Waals surface area contributed by atoms with Gasteiger partial charge in [-0.2, -0.15) is 0 Å². The van der Waals surface area contributed by atoms with Crippen molar-refractivity contribution in [2.24, 2.45) is 0 Å². The summed E-state index contributed by atoms with van der Waals surface area (Å²) in [4.78, 5) is 19.9. The molecule has 1 aromatic heterocycles. The number of quaternary nitrogens is 1. The Morgan fingerprint density at radius 3 is 2.73 bits per heavy atom. The minimum absolute atomic E-state index is 0.0625. The number of benzene rings is 2. The van der Waals surface area contributed by atoms with Gasteiger partial charge in [0.05, 0.1) is 31.9 Å². The van der Waals surface area contributed by atoms with E-state index in [1.54, 1.807) is 24.3 Å². The number of halogens is 3. The number of likely N-dealkylation sites (N-methyl/N-ethyl adjacent to an activating group) is 1. The number of amides is 1. The second-order valence-electron chi connectivity index (χ2n) is 6.16. The molecule has 0 aliphatic heterocycles. The van der Waals surface area contributed by atoms with Crippen molar-refractivity contribution in [2.75, 3.05) is 32.1 Å². The Morgan fingerprint density at radius 2 is 2.04 bits per heavy atom. The van der Waals surface area contributed by atoms with Crippen LogP contribution in [0.25, 0.3) is 10.2 Å². The van der Waals surface area contributed by atoms with Gasteiger partial charge in [-0.15, -0.1) is 0 Å². The third kappa shape index (κ3) is 4.00. The van der Waals surface area contributed by atoms with Crippen LogP contribution < -0.4 is 9.80 Å². The summed E-state index contributed by atoms with van der Waals surface area (Å²) >= 11 is 7.07. The lowest BCUT2D eigenvalue weighted by Crippen LogP contribution is -3.06. The largest absolute Gasteiger partial charge is 0.338 e. The number of hydrogen-bond donors (Lipinski definition) is 1. The van der Waals surface area contributed by atoms with Gasteiger partial charge in [-0.05, 0) is 24.3 Å². The maximum atomic E-state index is 14.0. The molecular weight excluding hydrogens is 380 g/mol. The van der Waals surface area contributed by atoms with Gasteiger partial charge in [-0.25, -0.2) is 13.8 Å². The van der Waals surface area contributed by atoms with Gasteiger partial charge in [0.2, 0.25) is 0 Å². The molecule has 0 aliphatic rings. The van der Waals surface area contributed by atoms with E-state index in [1.807, 2.05) is 14.1 Å². The summed E-state index contributed by atoms with van der Waals surface area (Å²) in [5, 5.41) is 0.780. The van der Waals surface area contributed by atoms with Crippen molar-refractivity contribution in [2.45, 2.75) is 0 Å². The number of nitrogens with zero attached hydrogens (tertiary/aromatic N) is 2. The topological polar surface area (TPSA) is 37.6 Å². The van der Waals surface area contributed by atoms with Gasteiger partial charge in [0.1, 0.15) is 11.3 Å². The number of nitrogens with one attached hydrogen (secondary N) is 1. The summed E-state index contributed by atoms with van der Waals surface area (Å²) in [6, 6.07) is 8.63. The van der Waals surface area contributed by atoms with Crippen LogP contribution in [0.15, 0.2) is 36.4 Å². The van der Waals surface area contributed by atoms with E-state index in [0.29, 0.717) is 33.5 Å². The fourth-order valence-electron chi connectivity index (χ4n) is 2.46. The first-order chi connectivity index (χ1) is 12.3. The number of thiazole rings is 1. The van der Waals surface area contributed by atoms with Crippen LogP contribution in [0.3, 0.4) is 0 Å². The molecule has 0 radical (unpaired) electrons. The van der Waals surface area contributed by atoms with Crippen LogP contribution in [0.2, 0.25) is 5.02 Å². The van der Waals surface area contributed by atoms with Crippen LogP contribution in [0.5, 0.6) is 0 Å². The van der Waals surface area contributed by atoms with Crippen molar-refractivity contribution < 1.29 is 18.5 Å². The molecule has 0 saturated heterocycles. The maximum Gasteiger partial charge on any atom is 0.260 e. The Labute approximate surface area is 158 Å². The Bertz CT molecular complexity index is 961. The molecule has 1 N–H and O–H groups in total. The van der Waals surface area contributed by atoms with Gasteiger partial charge in [0, 0.05) is 16.7 Å². The maximum absolute atomic E-state index is 14.0. The molecule has 3 aromatic rings. The normalized spacial score (nSPS) is 11.3. The van der Waals surface area contributed by atoms with Crippen molar-refractivity contribution in [3.05, 3.63) is 58.6 Å². The van der Waals surface area contributed by atoms with E-state index in [1.165, 1.54) is 11.0 Å². The molecule has 0 atom stereocenters. The molecule has 26 heavy (non-hydrogen) atoms. The van der Waals surface area contributed by atoms with Crippen LogP contribution in [0.1, 0.15) is 10.4 Å². The lowest BCUT2D eigenvalue weighted by Gasteiger charge is -2.20. The Morgan fingerprint density at radius 1 is 1.27 bits per heavy atom. The van der Waals surface area contributed by atoms with Crippen LogP contribution >= 0.6 is 22.9 Å². The molecule has 1 heterocycles. The van der Waals surface area contributed by atoms with Crippen LogP contribution in [-0.2, 0) is 0 Å². The molecule has 1 amide bonds. The van der Waals surface area contributed by atoms with E-state index in [4.69, 9.17) is 11.6 Å². The first kappa shape index (κ1) is 18.7. The van der Waals surface area contributed by atoms with Gasteiger partial charge < -0.3 is 4.90 Å². The quantitative estimate of drug-likeness (QED) is 0.720. The summed E-state index contributed by atoms with van der Waals surface area (Å²) in [6.07, 6.45) is 0. The van der Waals surface area contributed by atoms with E-state index in [9.17, 15) is 13.6 Å². The second-order valence-corrected chi connectivity index (χ2v) is 7.60. The fourth-order valence-corrected chi connectivity index (χ4v) is 3.68. The summed E-state index contributed by atoms with van der Waals surface area (Å²) in [5.74, 6) is -1.69. The first-order valence-electron chi connectivity index (χ1n) is 7.97. The smallest absolute Gasteiger partial charge is 0.260 e. The SMILES string of the molecule is C[NH+](C)CCN(C(=O)c1cccc(Cl)c1)c1nc2c(F)cc(F)cc2s1. The van der Waals surface area contributed by atoms with E-state index in [2.05, 4.69) is 4.98 Å². The number of rotatable bonds is 5. The van der Waals surface area contributed by atoms with Gasteiger partial charge in [-0.1, -0.05) is 29.0 Å². The average Bonchev–Trinajstić information content (AvgIpc) is 2.98. The van der Waals surface area contributed by atoms with Crippen LogP contribution in [0, 0.1) is 11.6 Å². The summed E-state index contributed by atoms with van der Waals surface area (Å²) in [5.41, 5.74) is 0.477. The standard InChI is InChI=1S/C18H16ClF2N3OS/c1-23(2)6-7-24(17(25)11-4-3-5-12(19)8-11)18-22-16-14(21)9-13(20)10-15(16)26-18/h3-5,8-10H,6-7H2,1-2H3/p+1. The van der Waals surface area contributed by atoms with Gasteiger partial charge in [0.15, 0.2) is 10.9 Å². The highest BCUT2D eigenvalue weighted by Gasteiger charge is 2.23. The average molecular weight is 397 g/mol. The number of carbonyl (C=O) groups excluding carboxylic acids is 1. The van der Waals surface area contributed by atoms with Crippen molar-refractivity contribution in [1.29, 1.82) is 0 Å². The number of aromatic nitrogens is 1. The predicted octanol–water partition coefficient (Wildman–Crippen LogP) is 3.02. The lowest BCUT2D eigenvalue weighted by atomic mass is 10.2. The monoisotopic (exact) mass is 396 g/mol. The van der Waals surface area contributed by atoms with Crippen molar-refractivity contribution in [1.82, 2.24) is 4.98 Å². The molecule has 136 valence electrons. The molecule has 8 heteroatoms. The number of carbonyl (C=O) groups is 1. The third-order valence-electron chi connectivity index (χ3n) is 3.78. The zero-order valence-electron chi connectivity index (χ0n) is 14.2. The van der Waals surface area contributed by atoms with E-state index in [-0.39, 0.29) is 11.4 Å². The third-order valence-corrected chi connectivity index (χ3v) is 5.05. The molecule has 0 unspecified atom stereocenters. The summed E-state index contributed by atoms with van der Waals surface area (Å²) in [6.45, 7) is 1.05. The number of hydrogen-bond acceptors (Lipinski definition) is 3. The van der Waals surface area contributed by atoms with Crippen molar-refractivity contribution >= 4 is 44.2 Å². The van der Waals surface area contributed by atoms with Crippen molar-refractivity contribution in [3.63, 3.8) is 0 Å². The molecular formula is C18H17ClF2N3OS+. The van der Waals surface area contributed by atoms with Gasteiger partial charge in [-0.3, -0.25) is 9.69 Å². The molecule has 0 bridgehead atoms. The molecule has 0 saturated carbocycles. The van der Waals surface area contributed by atoms with Gasteiger partial charge >= 0.3 is 0 Å². The van der Waals surface area contributed by atoms with E-state index < -0.39 is 11.6 Å². The van der Waals surface area contributed by atoms with Crippen LogP contribution in [-0.4, -0.2) is 38.1 Å². The minimum atomic E-state index is -0.740. The molecule has 4 nitrogen and oxygen atoms in total. The molecule has 0 fully saturated rings. The number of anilines is 1. The highest BCUT2D eigenvalue weighted by atomic mass is 35.5. The Hall–Kier alpha value is -2.09. The Balaban J connectivity index is 2.03. The highest BCUT2D eigenvalue weighted by Crippen LogP contribution is 2.32. The Kier molecular flexibility index (Phi) is 5.50. The summed E-state index contributed by atoms with van der Waals surface area (Å²) in [7, 11) is 3.94. The predicted molar refractivity (Wildman–Crippen MR) is 100 cm³/mol. The summed E-state index contributed by atoms with van der Waals surface area (Å²) < 4.78 is 27.8. The van der Waals surface area contributed by atoms with E-state index in [0.717, 1.165) is 22.3 Å². The molecule has 0 aliphatic carbocycles. The second kappa shape index (κ2) is 7.65. The number of fused-ring (bicyclic) bond motifs is 1. The molecule has 2 aromatic carbocycles. The first-order valence-corrected chi connectivity index (χ1v) is 9.16.